The summed E-state index contributed by atoms with van der Waals surface area (Å²) in [5, 5.41) is 8.82. The van der Waals surface area contributed by atoms with Crippen molar-refractivity contribution in [3.05, 3.63) is 34.4 Å². The highest BCUT2D eigenvalue weighted by Gasteiger charge is 2.13. The third-order valence-corrected chi connectivity index (χ3v) is 3.49. The molecule has 1 rings (SSSR count). The molecule has 0 fully saturated rings. The molecule has 0 amide bonds. The molecule has 3 nitrogen and oxygen atoms in total. The molecule has 0 aliphatic heterocycles. The zero-order valence-electron chi connectivity index (χ0n) is 12.3. The van der Waals surface area contributed by atoms with E-state index in [1.165, 1.54) is 0 Å². The molecule has 0 spiro atoms. The van der Waals surface area contributed by atoms with E-state index in [1.54, 1.807) is 7.11 Å². The molecule has 1 aromatic carbocycles. The van der Waals surface area contributed by atoms with Crippen LogP contribution in [-0.2, 0) is 4.79 Å². The average molecular weight is 262 g/mol. The van der Waals surface area contributed by atoms with Gasteiger partial charge < -0.3 is 9.84 Å². The maximum atomic E-state index is 10.7. The summed E-state index contributed by atoms with van der Waals surface area (Å²) in [6.07, 6.45) is 2.69. The summed E-state index contributed by atoms with van der Waals surface area (Å²) < 4.78 is 5.36. The number of aryl methyl sites for hydroxylation is 1. The van der Waals surface area contributed by atoms with E-state index in [-0.39, 0.29) is 6.42 Å². The maximum absolute atomic E-state index is 10.7. The van der Waals surface area contributed by atoms with Crippen LogP contribution >= 0.6 is 0 Å². The molecule has 0 saturated carbocycles. The van der Waals surface area contributed by atoms with Crippen LogP contribution in [0.3, 0.4) is 0 Å². The second-order valence-electron chi connectivity index (χ2n) is 4.70. The molecule has 0 heterocycles. The summed E-state index contributed by atoms with van der Waals surface area (Å²) in [5.41, 5.74) is 5.64. The first-order valence-electron chi connectivity index (χ1n) is 6.48. The second kappa shape index (κ2) is 6.41. The van der Waals surface area contributed by atoms with Crippen molar-refractivity contribution in [2.45, 2.75) is 40.5 Å². The van der Waals surface area contributed by atoms with Crippen LogP contribution in [0.5, 0.6) is 5.75 Å². The molecule has 0 atom stereocenters. The zero-order valence-corrected chi connectivity index (χ0v) is 12.3. The number of carboxylic acid groups (broad SMARTS) is 1. The standard InChI is InChI=1S/C16H22O3/c1-6-13(7-8-15(17)18)16-10(2)9-14(19-5)11(3)12(16)4/h7,9H,6,8H2,1-5H3,(H,17,18)/b13-7+. The van der Waals surface area contributed by atoms with E-state index in [0.29, 0.717) is 0 Å². The number of rotatable bonds is 5. The molecular weight excluding hydrogens is 240 g/mol. The Balaban J connectivity index is 3.36. The Morgan fingerprint density at radius 3 is 2.42 bits per heavy atom. The van der Waals surface area contributed by atoms with E-state index in [0.717, 1.165) is 40.0 Å². The molecule has 0 unspecified atom stereocenters. The van der Waals surface area contributed by atoms with Crippen molar-refractivity contribution in [1.29, 1.82) is 0 Å². The maximum Gasteiger partial charge on any atom is 0.307 e. The van der Waals surface area contributed by atoms with Crippen molar-refractivity contribution in [1.82, 2.24) is 0 Å². The summed E-state index contributed by atoms with van der Waals surface area (Å²) in [5.74, 6) is 0.0823. The Hall–Kier alpha value is -1.77. The number of hydrogen-bond donors (Lipinski definition) is 1. The Kier molecular flexibility index (Phi) is 5.16. The first-order chi connectivity index (χ1) is 8.92. The van der Waals surface area contributed by atoms with Gasteiger partial charge in [-0.2, -0.15) is 0 Å². The van der Waals surface area contributed by atoms with E-state index < -0.39 is 5.97 Å². The molecule has 0 aromatic heterocycles. The van der Waals surface area contributed by atoms with Gasteiger partial charge in [-0.05, 0) is 61.1 Å². The molecule has 104 valence electrons. The Labute approximate surface area is 114 Å². The predicted molar refractivity (Wildman–Crippen MR) is 77.7 cm³/mol. The third-order valence-electron chi connectivity index (χ3n) is 3.49. The lowest BCUT2D eigenvalue weighted by Crippen LogP contribution is -2.00. The van der Waals surface area contributed by atoms with Crippen LogP contribution in [0.1, 0.15) is 42.0 Å². The van der Waals surface area contributed by atoms with Crippen LogP contribution in [0.15, 0.2) is 12.1 Å². The minimum absolute atomic E-state index is 0.0626. The number of carbonyl (C=O) groups is 1. The summed E-state index contributed by atoms with van der Waals surface area (Å²) >= 11 is 0. The molecule has 0 radical (unpaired) electrons. The van der Waals surface area contributed by atoms with Gasteiger partial charge in [0.15, 0.2) is 0 Å². The minimum atomic E-state index is -0.800. The number of allylic oxidation sites excluding steroid dienone is 1. The number of carboxylic acids is 1. The number of ether oxygens (including phenoxy) is 1. The van der Waals surface area contributed by atoms with Crippen LogP contribution in [0.25, 0.3) is 5.57 Å². The highest BCUT2D eigenvalue weighted by Crippen LogP contribution is 2.33. The summed E-state index contributed by atoms with van der Waals surface area (Å²) in [6.45, 7) is 8.17. The fourth-order valence-corrected chi connectivity index (χ4v) is 2.38. The zero-order chi connectivity index (χ0) is 14.6. The Bertz CT molecular complexity index is 513. The number of benzene rings is 1. The molecule has 1 N–H and O–H groups in total. The van der Waals surface area contributed by atoms with Gasteiger partial charge in [-0.15, -0.1) is 0 Å². The molecule has 19 heavy (non-hydrogen) atoms. The molecule has 0 bridgehead atoms. The summed E-state index contributed by atoms with van der Waals surface area (Å²) in [7, 11) is 1.67. The highest BCUT2D eigenvalue weighted by atomic mass is 16.5. The van der Waals surface area contributed by atoms with Gasteiger partial charge in [0.05, 0.1) is 13.5 Å². The molecule has 1 aromatic rings. The van der Waals surface area contributed by atoms with Crippen molar-refractivity contribution in [3.8, 4) is 5.75 Å². The Morgan fingerprint density at radius 2 is 1.95 bits per heavy atom. The monoisotopic (exact) mass is 262 g/mol. The van der Waals surface area contributed by atoms with Gasteiger partial charge in [0, 0.05) is 0 Å². The number of hydrogen-bond acceptors (Lipinski definition) is 2. The van der Waals surface area contributed by atoms with Gasteiger partial charge >= 0.3 is 5.97 Å². The van der Waals surface area contributed by atoms with Crippen LogP contribution in [0, 0.1) is 20.8 Å². The molecule has 0 saturated heterocycles. The van der Waals surface area contributed by atoms with E-state index in [1.807, 2.05) is 32.9 Å². The fourth-order valence-electron chi connectivity index (χ4n) is 2.38. The fraction of sp³-hybridized carbons (Fsp3) is 0.438. The molecule has 0 aliphatic carbocycles. The molecule has 3 heteroatoms. The molecular formula is C16H22O3. The lowest BCUT2D eigenvalue weighted by molar-refractivity contribution is -0.135. The van der Waals surface area contributed by atoms with Crippen molar-refractivity contribution >= 4 is 11.5 Å². The van der Waals surface area contributed by atoms with Gasteiger partial charge in [0.1, 0.15) is 5.75 Å². The topological polar surface area (TPSA) is 46.5 Å². The van der Waals surface area contributed by atoms with E-state index in [4.69, 9.17) is 9.84 Å². The quantitative estimate of drug-likeness (QED) is 0.875. The van der Waals surface area contributed by atoms with Crippen LogP contribution in [0.4, 0.5) is 0 Å². The Morgan fingerprint density at radius 1 is 1.32 bits per heavy atom. The first-order valence-corrected chi connectivity index (χ1v) is 6.48. The summed E-state index contributed by atoms with van der Waals surface area (Å²) in [4.78, 5) is 10.7. The van der Waals surface area contributed by atoms with Crippen LogP contribution in [-0.4, -0.2) is 18.2 Å². The molecule has 0 aliphatic rings. The lowest BCUT2D eigenvalue weighted by atomic mass is 9.90. The first kappa shape index (κ1) is 15.3. The highest BCUT2D eigenvalue weighted by molar-refractivity contribution is 5.77. The predicted octanol–water partition coefficient (Wildman–Crippen LogP) is 3.89. The van der Waals surface area contributed by atoms with Gasteiger partial charge in [-0.3, -0.25) is 4.79 Å². The van der Waals surface area contributed by atoms with Gasteiger partial charge in [0.25, 0.3) is 0 Å². The lowest BCUT2D eigenvalue weighted by Gasteiger charge is -2.17. The van der Waals surface area contributed by atoms with Gasteiger partial charge in [-0.25, -0.2) is 0 Å². The van der Waals surface area contributed by atoms with Crippen LogP contribution in [0.2, 0.25) is 0 Å². The largest absolute Gasteiger partial charge is 0.496 e. The van der Waals surface area contributed by atoms with Crippen molar-refractivity contribution in [2.24, 2.45) is 0 Å². The van der Waals surface area contributed by atoms with E-state index >= 15 is 0 Å². The van der Waals surface area contributed by atoms with Crippen molar-refractivity contribution in [3.63, 3.8) is 0 Å². The second-order valence-corrected chi connectivity index (χ2v) is 4.70. The van der Waals surface area contributed by atoms with Crippen molar-refractivity contribution in [2.75, 3.05) is 7.11 Å². The number of aliphatic carboxylic acids is 1. The van der Waals surface area contributed by atoms with Gasteiger partial charge in [0.2, 0.25) is 0 Å². The SMILES string of the molecule is CC/C(=C\CC(=O)O)c1c(C)cc(OC)c(C)c1C. The van der Waals surface area contributed by atoms with Crippen LogP contribution < -0.4 is 4.74 Å². The minimum Gasteiger partial charge on any atom is -0.496 e. The van der Waals surface area contributed by atoms with E-state index in [9.17, 15) is 4.79 Å². The normalized spacial score (nSPS) is 11.5. The van der Waals surface area contributed by atoms with E-state index in [2.05, 4.69) is 6.92 Å². The smallest absolute Gasteiger partial charge is 0.307 e. The number of methoxy groups -OCH3 is 1. The average Bonchev–Trinajstić information content (AvgIpc) is 2.37. The van der Waals surface area contributed by atoms with Gasteiger partial charge in [-0.1, -0.05) is 13.0 Å². The third kappa shape index (κ3) is 3.37. The summed E-state index contributed by atoms with van der Waals surface area (Å²) in [6, 6.07) is 2.02. The van der Waals surface area contributed by atoms with Crippen molar-refractivity contribution < 1.29 is 14.6 Å².